The first-order chi connectivity index (χ1) is 0. The normalized spacial score (nSPS) is 0. The fourth-order valence-electron chi connectivity index (χ4n) is 0. The first kappa shape index (κ1) is 285. The zero-order chi connectivity index (χ0) is 0. The van der Waals surface area contributed by atoms with Gasteiger partial charge in [0.1, 0.15) is 0 Å². The summed E-state index contributed by atoms with van der Waals surface area (Å²) in [5, 5.41) is 0. The smallest absolute Gasteiger partial charge is 0.870 e. The van der Waals surface area contributed by atoms with Crippen molar-refractivity contribution in [2.24, 2.45) is 0 Å². The first-order valence-corrected chi connectivity index (χ1v) is 0. The summed E-state index contributed by atoms with van der Waals surface area (Å²) < 4.78 is 0. The van der Waals surface area contributed by atoms with Gasteiger partial charge in [0.05, 0.1) is 0 Å². The van der Waals surface area contributed by atoms with E-state index in [4.69, 9.17) is 0 Å². The second-order valence-electron chi connectivity index (χ2n) is 0. The molecule has 0 radical (unpaired) electrons. The Hall–Kier alpha value is 8.00. The minimum atomic E-state index is 0. The maximum absolute atomic E-state index is 0. The van der Waals surface area contributed by atoms with Crippen LogP contribution in [0.25, 0.3) is 0 Å². The van der Waals surface area contributed by atoms with Gasteiger partial charge in [-0.15, -0.1) is 0 Å². The van der Waals surface area contributed by atoms with Crippen LogP contribution >= 0.6 is 0 Å². The third-order valence-electron chi connectivity index (χ3n) is 0. The zero-order valence-corrected chi connectivity index (χ0v) is 22.8. The molecule has 0 atom stereocenters. The van der Waals surface area contributed by atoms with E-state index in [1.54, 1.807) is 0 Å². The van der Waals surface area contributed by atoms with Crippen molar-refractivity contribution >= 4 is 0 Å². The Morgan fingerprint density at radius 1 is 0.158 bits per heavy atom. The molecule has 0 unspecified atom stereocenters. The van der Waals surface area contributed by atoms with E-state index in [-0.39, 0.29) is 328 Å². The van der Waals surface area contributed by atoms with Gasteiger partial charge >= 0.3 is 198 Å². The average molecular weight is 956 g/mol. The van der Waals surface area contributed by atoms with E-state index in [1.807, 2.05) is 0 Å². The Balaban J connectivity index is 0. The monoisotopic (exact) mass is 960 g/mol. The molecule has 12 N–H and O–H groups in total. The molecule has 0 bridgehead atoms. The van der Waals surface area contributed by atoms with Crippen molar-refractivity contribution in [3.8, 4) is 0 Å². The van der Waals surface area contributed by atoms with Gasteiger partial charge in [0, 0.05) is 65.2 Å². The summed E-state index contributed by atoms with van der Waals surface area (Å²) in [7, 11) is 0. The van der Waals surface area contributed by atoms with Gasteiger partial charge in [0.25, 0.3) is 0 Å². The van der Waals surface area contributed by atoms with Gasteiger partial charge in [0.2, 0.25) is 0 Å². The molecule has 0 aliphatic heterocycles. The van der Waals surface area contributed by atoms with Gasteiger partial charge < -0.3 is 65.7 Å². The van der Waals surface area contributed by atoms with E-state index in [9.17, 15) is 0 Å². The van der Waals surface area contributed by atoms with Crippen LogP contribution in [0, 0.1) is 198 Å². The summed E-state index contributed by atoms with van der Waals surface area (Å²) >= 11 is 0. The Morgan fingerprint density at radius 2 is 0.158 bits per heavy atom. The quantitative estimate of drug-likeness (QED) is 0.235. The molecule has 0 amide bonds. The Kier molecular flexibility index (Phi) is 3810. The van der Waals surface area contributed by atoms with Gasteiger partial charge in [-0.05, 0) is 0 Å². The van der Waals surface area contributed by atoms with Crippen LogP contribution in [0.5, 0.6) is 0 Å². The molecule has 12 nitrogen and oxygen atoms in total. The van der Waals surface area contributed by atoms with Gasteiger partial charge in [-0.2, -0.15) is 0 Å². The molecule has 0 aliphatic carbocycles. The van der Waals surface area contributed by atoms with Crippen LogP contribution in [0.4, 0.5) is 0 Å². The summed E-state index contributed by atoms with van der Waals surface area (Å²) in [5.74, 6) is 0. The summed E-state index contributed by atoms with van der Waals surface area (Å²) in [6.45, 7) is 0. The molecule has 0 saturated carbocycles. The van der Waals surface area contributed by atoms with Crippen LogP contribution in [0.1, 0.15) is 0 Å². The standard InChI is InChI=1S/4Eu.12H2O.3Ti/h;;;;12*1H2;;;/q4*+3;;;;;;;;;;;;;;;/p-12. The van der Waals surface area contributed by atoms with Gasteiger partial charge in [-0.25, -0.2) is 0 Å². The molecule has 0 rings (SSSR count). The molecule has 0 spiro atoms. The summed E-state index contributed by atoms with van der Waals surface area (Å²) in [6, 6.07) is 0. The SMILES string of the molecule is [Eu+3].[Eu+3].[Eu+3].[Eu+3].[OH-].[OH-].[OH-].[OH-].[OH-].[OH-].[OH-].[OH-].[OH-].[OH-].[OH-].[OH-].[Ti].[Ti].[Ti]. The minimum absolute atomic E-state index is 0. The third kappa shape index (κ3) is 234. The maximum atomic E-state index is 0. The van der Waals surface area contributed by atoms with Crippen molar-refractivity contribution in [3.63, 3.8) is 0 Å². The molecule has 19 heavy (non-hydrogen) atoms. The second-order valence-corrected chi connectivity index (χ2v) is 0. The van der Waals surface area contributed by atoms with Crippen LogP contribution in [-0.2, 0) is 65.2 Å². The Morgan fingerprint density at radius 3 is 0.158 bits per heavy atom. The van der Waals surface area contributed by atoms with E-state index in [2.05, 4.69) is 0 Å². The van der Waals surface area contributed by atoms with Crippen LogP contribution in [0.15, 0.2) is 0 Å². The van der Waals surface area contributed by atoms with Crippen molar-refractivity contribution in [2.75, 3.05) is 0 Å². The van der Waals surface area contributed by atoms with E-state index >= 15 is 0 Å². The molecule has 0 aromatic rings. The summed E-state index contributed by atoms with van der Waals surface area (Å²) in [6.07, 6.45) is 0. The van der Waals surface area contributed by atoms with E-state index < -0.39 is 0 Å². The van der Waals surface area contributed by atoms with Gasteiger partial charge in [-0.3, -0.25) is 0 Å². The Bertz CT molecular complexity index is 24.9. The molecule has 0 aromatic heterocycles. The van der Waals surface area contributed by atoms with E-state index in [0.717, 1.165) is 0 Å². The van der Waals surface area contributed by atoms with Gasteiger partial charge in [-0.1, -0.05) is 0 Å². The second kappa shape index (κ2) is 254. The van der Waals surface area contributed by atoms with Crippen LogP contribution in [-0.4, -0.2) is 65.7 Å². The van der Waals surface area contributed by atoms with E-state index in [0.29, 0.717) is 0 Å². The molecule has 0 saturated heterocycles. The van der Waals surface area contributed by atoms with E-state index in [1.165, 1.54) is 0 Å². The van der Waals surface area contributed by atoms with Gasteiger partial charge in [0.15, 0.2) is 0 Å². The van der Waals surface area contributed by atoms with Crippen molar-refractivity contribution in [3.05, 3.63) is 0 Å². The zero-order valence-electron chi connectivity index (χ0n) is 8.38. The van der Waals surface area contributed by atoms with Crippen molar-refractivity contribution < 1.29 is 328 Å². The topological polar surface area (TPSA) is 360 Å². The molecule has 0 aliphatic rings. The fraction of sp³-hybridized carbons (Fsp3) is 0. The van der Waals surface area contributed by atoms with Crippen LogP contribution < -0.4 is 0 Å². The minimum Gasteiger partial charge on any atom is -0.870 e. The Labute approximate surface area is 318 Å². The molecular formula is H12Eu4O12Ti3. The molecule has 19 heteroatoms. The van der Waals surface area contributed by atoms with Crippen molar-refractivity contribution in [2.45, 2.75) is 0 Å². The molecule has 0 fully saturated rings. The molecular weight excluding hydrogens is 943 g/mol. The molecule has 0 aromatic carbocycles. The number of rotatable bonds is 0. The van der Waals surface area contributed by atoms with Crippen molar-refractivity contribution in [1.29, 1.82) is 0 Å². The largest absolute Gasteiger partial charge is 3.00 e. The molecule has 124 valence electrons. The predicted molar refractivity (Wildman–Crippen MR) is 23.2 cm³/mol. The third-order valence-corrected chi connectivity index (χ3v) is 0. The van der Waals surface area contributed by atoms with Crippen molar-refractivity contribution in [1.82, 2.24) is 0 Å². The van der Waals surface area contributed by atoms with Crippen LogP contribution in [0.3, 0.4) is 0 Å². The average Bonchev–Trinajstić information content (AvgIpc) is 0. The fourth-order valence-corrected chi connectivity index (χ4v) is 0. The number of hydrogen-bond acceptors (Lipinski definition) is 12. The van der Waals surface area contributed by atoms with Crippen LogP contribution in [0.2, 0.25) is 0 Å². The maximum Gasteiger partial charge on any atom is 3.00 e. The summed E-state index contributed by atoms with van der Waals surface area (Å²) in [5.41, 5.74) is 0. The summed E-state index contributed by atoms with van der Waals surface area (Å²) in [4.78, 5) is 0. The number of hydrogen-bond donors (Lipinski definition) is 0. The predicted octanol–water partition coefficient (Wildman–Crippen LogP) is -2.13. The molecule has 0 heterocycles. The first-order valence-electron chi connectivity index (χ1n) is 0.